The third kappa shape index (κ3) is 4.72. The second-order valence-corrected chi connectivity index (χ2v) is 7.94. The molecule has 3 aromatic rings. The van der Waals surface area contributed by atoms with Crippen LogP contribution in [-0.4, -0.2) is 52.4 Å². The van der Waals surface area contributed by atoms with E-state index in [2.05, 4.69) is 20.7 Å². The lowest BCUT2D eigenvalue weighted by Gasteiger charge is -2.14. The van der Waals surface area contributed by atoms with E-state index >= 15 is 0 Å². The standard InChI is InChI=1S/C23H27N5O4/c1-14-11-15(2)25-21-20(14)23(27-28(21)3)32-13-19(29)26-18-9-5-4-8-17(18)22(30)24-12-16-7-6-10-31-16/h4-5,8-9,11,16H,6-7,10,12-13H2,1-3H3,(H,24,30)(H,26,29). The van der Waals surface area contributed by atoms with E-state index in [1.165, 1.54) is 0 Å². The van der Waals surface area contributed by atoms with Gasteiger partial charge in [0.25, 0.3) is 11.8 Å². The highest BCUT2D eigenvalue weighted by Crippen LogP contribution is 2.27. The van der Waals surface area contributed by atoms with Crippen LogP contribution < -0.4 is 15.4 Å². The lowest BCUT2D eigenvalue weighted by Crippen LogP contribution is -2.32. The third-order valence-corrected chi connectivity index (χ3v) is 5.39. The van der Waals surface area contributed by atoms with Crippen molar-refractivity contribution in [3.05, 3.63) is 47.2 Å². The van der Waals surface area contributed by atoms with Crippen molar-refractivity contribution in [2.45, 2.75) is 32.8 Å². The first-order valence-electron chi connectivity index (χ1n) is 10.6. The van der Waals surface area contributed by atoms with Crippen LogP contribution in [0.25, 0.3) is 11.0 Å². The van der Waals surface area contributed by atoms with E-state index in [0.717, 1.165) is 36.1 Å². The van der Waals surface area contributed by atoms with Gasteiger partial charge in [0.15, 0.2) is 12.3 Å². The van der Waals surface area contributed by atoms with Crippen molar-refractivity contribution in [3.63, 3.8) is 0 Å². The van der Waals surface area contributed by atoms with Gasteiger partial charge in [-0.25, -0.2) is 9.67 Å². The van der Waals surface area contributed by atoms with E-state index in [4.69, 9.17) is 9.47 Å². The van der Waals surface area contributed by atoms with Crippen molar-refractivity contribution in [2.24, 2.45) is 7.05 Å². The highest BCUT2D eigenvalue weighted by molar-refractivity contribution is 6.04. The zero-order chi connectivity index (χ0) is 22.7. The fourth-order valence-corrected chi connectivity index (χ4v) is 3.87. The first kappa shape index (κ1) is 21.8. The summed E-state index contributed by atoms with van der Waals surface area (Å²) in [7, 11) is 1.78. The Labute approximate surface area is 186 Å². The summed E-state index contributed by atoms with van der Waals surface area (Å²) < 4.78 is 12.9. The number of rotatable bonds is 7. The van der Waals surface area contributed by atoms with Crippen molar-refractivity contribution in [1.29, 1.82) is 0 Å². The maximum Gasteiger partial charge on any atom is 0.262 e. The number of aryl methyl sites for hydroxylation is 3. The van der Waals surface area contributed by atoms with Crippen molar-refractivity contribution < 1.29 is 19.1 Å². The topological polar surface area (TPSA) is 107 Å². The lowest BCUT2D eigenvalue weighted by atomic mass is 10.1. The normalized spacial score (nSPS) is 15.7. The van der Waals surface area contributed by atoms with Gasteiger partial charge >= 0.3 is 0 Å². The maximum absolute atomic E-state index is 12.6. The van der Waals surface area contributed by atoms with Gasteiger partial charge in [-0.3, -0.25) is 9.59 Å². The molecule has 4 rings (SSSR count). The van der Waals surface area contributed by atoms with Gasteiger partial charge in [-0.2, -0.15) is 0 Å². The summed E-state index contributed by atoms with van der Waals surface area (Å²) in [5.41, 5.74) is 3.37. The molecule has 1 saturated heterocycles. The maximum atomic E-state index is 12.6. The number of carbonyl (C=O) groups is 2. The Kier molecular flexibility index (Phi) is 6.36. The molecular weight excluding hydrogens is 410 g/mol. The van der Waals surface area contributed by atoms with Crippen LogP contribution in [0.3, 0.4) is 0 Å². The fourth-order valence-electron chi connectivity index (χ4n) is 3.87. The van der Waals surface area contributed by atoms with Crippen LogP contribution in [0, 0.1) is 13.8 Å². The molecule has 1 unspecified atom stereocenters. The molecule has 1 fully saturated rings. The molecule has 0 spiro atoms. The van der Waals surface area contributed by atoms with Crippen LogP contribution in [-0.2, 0) is 16.6 Å². The zero-order valence-corrected chi connectivity index (χ0v) is 18.5. The van der Waals surface area contributed by atoms with Gasteiger partial charge in [-0.15, -0.1) is 5.10 Å². The number of ether oxygens (including phenoxy) is 2. The van der Waals surface area contributed by atoms with Crippen LogP contribution >= 0.6 is 0 Å². The minimum Gasteiger partial charge on any atom is -0.466 e. The number of pyridine rings is 1. The Bertz CT molecular complexity index is 1150. The molecule has 1 aromatic carbocycles. The van der Waals surface area contributed by atoms with E-state index in [-0.39, 0.29) is 24.5 Å². The van der Waals surface area contributed by atoms with Crippen molar-refractivity contribution in [3.8, 4) is 5.88 Å². The number of fused-ring (bicyclic) bond motifs is 1. The average molecular weight is 438 g/mol. The van der Waals surface area contributed by atoms with Crippen molar-refractivity contribution in [2.75, 3.05) is 25.1 Å². The number of carbonyl (C=O) groups excluding carboxylic acids is 2. The van der Waals surface area contributed by atoms with Crippen molar-refractivity contribution in [1.82, 2.24) is 20.1 Å². The van der Waals surface area contributed by atoms with Gasteiger partial charge in [0.05, 0.1) is 22.7 Å². The van der Waals surface area contributed by atoms with Gasteiger partial charge in [0.2, 0.25) is 5.88 Å². The quantitative estimate of drug-likeness (QED) is 0.588. The highest BCUT2D eigenvalue weighted by atomic mass is 16.5. The first-order valence-corrected chi connectivity index (χ1v) is 10.6. The summed E-state index contributed by atoms with van der Waals surface area (Å²) in [5, 5.41) is 10.8. The molecule has 0 saturated carbocycles. The van der Waals surface area contributed by atoms with E-state index in [1.54, 1.807) is 36.0 Å². The Morgan fingerprint density at radius 3 is 2.88 bits per heavy atom. The predicted molar refractivity (Wildman–Crippen MR) is 120 cm³/mol. The Balaban J connectivity index is 1.41. The number of nitrogens with one attached hydrogen (secondary N) is 2. The van der Waals surface area contributed by atoms with Gasteiger partial charge in [0, 0.05) is 25.9 Å². The zero-order valence-electron chi connectivity index (χ0n) is 18.5. The van der Waals surface area contributed by atoms with Gasteiger partial charge < -0.3 is 20.1 Å². The number of aromatic nitrogens is 3. The summed E-state index contributed by atoms with van der Waals surface area (Å²) in [4.78, 5) is 29.7. The smallest absolute Gasteiger partial charge is 0.262 e. The molecule has 2 amide bonds. The molecule has 3 heterocycles. The summed E-state index contributed by atoms with van der Waals surface area (Å²) in [6.07, 6.45) is 1.99. The molecule has 2 N–H and O–H groups in total. The molecule has 2 aromatic heterocycles. The SMILES string of the molecule is Cc1cc(C)c2c(OCC(=O)Nc3ccccc3C(=O)NCC3CCCO3)nn(C)c2n1. The van der Waals surface area contributed by atoms with Crippen LogP contribution in [0.15, 0.2) is 30.3 Å². The number of hydrogen-bond donors (Lipinski definition) is 2. The molecule has 0 radical (unpaired) electrons. The first-order chi connectivity index (χ1) is 15.4. The largest absolute Gasteiger partial charge is 0.466 e. The molecular formula is C23H27N5O4. The average Bonchev–Trinajstić information content (AvgIpc) is 3.39. The van der Waals surface area contributed by atoms with Gasteiger partial charge in [-0.1, -0.05) is 12.1 Å². The minimum atomic E-state index is -0.388. The summed E-state index contributed by atoms with van der Waals surface area (Å²) >= 11 is 0. The number of amides is 2. The molecule has 0 bridgehead atoms. The highest BCUT2D eigenvalue weighted by Gasteiger charge is 2.19. The molecule has 1 aliphatic rings. The number of hydrogen-bond acceptors (Lipinski definition) is 6. The Hall–Kier alpha value is -3.46. The summed E-state index contributed by atoms with van der Waals surface area (Å²) in [6.45, 7) is 4.81. The van der Waals surface area contributed by atoms with E-state index < -0.39 is 0 Å². The molecule has 1 atom stereocenters. The monoisotopic (exact) mass is 437 g/mol. The van der Waals surface area contributed by atoms with E-state index in [1.807, 2.05) is 19.9 Å². The summed E-state index contributed by atoms with van der Waals surface area (Å²) in [6, 6.07) is 8.82. The number of nitrogens with zero attached hydrogens (tertiary/aromatic N) is 3. The molecule has 0 aliphatic carbocycles. The minimum absolute atomic E-state index is 0.0454. The molecule has 1 aliphatic heterocycles. The van der Waals surface area contributed by atoms with E-state index in [9.17, 15) is 9.59 Å². The van der Waals surface area contributed by atoms with Crippen LogP contribution in [0.5, 0.6) is 5.88 Å². The second-order valence-electron chi connectivity index (χ2n) is 7.94. The fraction of sp³-hybridized carbons (Fsp3) is 0.391. The van der Waals surface area contributed by atoms with Crippen molar-refractivity contribution >= 4 is 28.5 Å². The van der Waals surface area contributed by atoms with Crippen LogP contribution in [0.2, 0.25) is 0 Å². The van der Waals surface area contributed by atoms with E-state index in [0.29, 0.717) is 29.3 Å². The molecule has 168 valence electrons. The Morgan fingerprint density at radius 2 is 2.09 bits per heavy atom. The van der Waals surface area contributed by atoms with Gasteiger partial charge in [-0.05, 0) is 50.5 Å². The van der Waals surface area contributed by atoms with Crippen LogP contribution in [0.4, 0.5) is 5.69 Å². The molecule has 9 nitrogen and oxygen atoms in total. The predicted octanol–water partition coefficient (Wildman–Crippen LogP) is 2.51. The second kappa shape index (κ2) is 9.35. The van der Waals surface area contributed by atoms with Gasteiger partial charge in [0.1, 0.15) is 0 Å². The lowest BCUT2D eigenvalue weighted by molar-refractivity contribution is -0.118. The number of para-hydroxylation sites is 1. The molecule has 9 heteroatoms. The molecule has 32 heavy (non-hydrogen) atoms. The summed E-state index contributed by atoms with van der Waals surface area (Å²) in [5.74, 6) is -0.295. The van der Waals surface area contributed by atoms with Crippen LogP contribution in [0.1, 0.15) is 34.5 Å². The number of anilines is 1. The third-order valence-electron chi connectivity index (χ3n) is 5.39. The number of benzene rings is 1. The Morgan fingerprint density at radius 1 is 1.28 bits per heavy atom.